The summed E-state index contributed by atoms with van der Waals surface area (Å²) in [5, 5.41) is 2.71. The maximum Gasteiger partial charge on any atom is 0.324 e. The minimum Gasteiger partial charge on any atom is -0.454 e. The average Bonchev–Trinajstić information content (AvgIpc) is 3.57. The van der Waals surface area contributed by atoms with Crippen molar-refractivity contribution < 1.29 is 31.5 Å². The fourth-order valence-electron chi connectivity index (χ4n) is 5.02. The fourth-order valence-corrected chi connectivity index (χ4v) is 6.36. The number of nitrogens with one attached hydrogen (secondary N) is 1. The third-order valence-corrected chi connectivity index (χ3v) is 8.98. The van der Waals surface area contributed by atoms with Gasteiger partial charge in [0.2, 0.25) is 5.91 Å². The van der Waals surface area contributed by atoms with Crippen LogP contribution in [0.4, 0.5) is 13.6 Å². The van der Waals surface area contributed by atoms with Gasteiger partial charge in [0, 0.05) is 42.0 Å². The molecule has 1 N–H and O–H groups in total. The molecule has 0 spiro atoms. The van der Waals surface area contributed by atoms with Crippen LogP contribution in [0.1, 0.15) is 11.1 Å². The van der Waals surface area contributed by atoms with Crippen LogP contribution in [0.2, 0.25) is 0 Å². The second-order valence-corrected chi connectivity index (χ2v) is 12.1. The largest absolute Gasteiger partial charge is 0.454 e. The van der Waals surface area contributed by atoms with Crippen molar-refractivity contribution in [2.75, 3.05) is 6.54 Å². The number of aryl methyl sites for hydroxylation is 2. The van der Waals surface area contributed by atoms with E-state index in [9.17, 15) is 31.6 Å². The number of benzene rings is 3. The first kappa shape index (κ1) is 28.8. The zero-order valence-corrected chi connectivity index (χ0v) is 24.2. The Balaban J connectivity index is 1.55. The minimum absolute atomic E-state index is 0.0144. The van der Waals surface area contributed by atoms with Gasteiger partial charge < -0.3 is 14.6 Å². The lowest BCUT2D eigenvalue weighted by atomic mass is 10.00. The molecule has 1 fully saturated rings. The molecule has 0 saturated carbocycles. The first-order chi connectivity index (χ1) is 20.9. The number of aromatic nitrogens is 2. The summed E-state index contributed by atoms with van der Waals surface area (Å²) in [5.41, 5.74) is 1.26. The van der Waals surface area contributed by atoms with Gasteiger partial charge in [-0.1, -0.05) is 23.8 Å². The third kappa shape index (κ3) is 5.00. The number of urea groups is 1. The molecule has 6 rings (SSSR count). The lowest BCUT2D eigenvalue weighted by Crippen LogP contribution is -2.30. The molecule has 1 saturated heterocycles. The van der Waals surface area contributed by atoms with E-state index in [0.29, 0.717) is 22.8 Å². The summed E-state index contributed by atoms with van der Waals surface area (Å²) in [6.45, 7) is 1.59. The number of carbonyl (C=O) groups is 2. The second kappa shape index (κ2) is 10.8. The molecule has 5 aromatic rings. The van der Waals surface area contributed by atoms with E-state index < -0.39 is 39.2 Å². The fraction of sp³-hybridized carbons (Fsp3) is 0.129. The van der Waals surface area contributed by atoms with Crippen LogP contribution in [-0.4, -0.2) is 40.3 Å². The van der Waals surface area contributed by atoms with Crippen LogP contribution in [0.25, 0.3) is 22.0 Å². The van der Waals surface area contributed by atoms with E-state index in [1.165, 1.54) is 48.3 Å². The molecule has 1 aliphatic rings. The van der Waals surface area contributed by atoms with Gasteiger partial charge in [0.1, 0.15) is 17.1 Å². The van der Waals surface area contributed by atoms with Gasteiger partial charge in [-0.05, 0) is 55.0 Å². The van der Waals surface area contributed by atoms with Crippen LogP contribution in [0, 0.1) is 18.6 Å². The van der Waals surface area contributed by atoms with E-state index in [4.69, 9.17) is 4.74 Å². The van der Waals surface area contributed by atoms with E-state index >= 15 is 0 Å². The molecule has 0 atom stereocenters. The summed E-state index contributed by atoms with van der Waals surface area (Å²) in [7, 11) is -2.73. The van der Waals surface area contributed by atoms with Gasteiger partial charge in [-0.2, -0.15) is 0 Å². The molecule has 3 heterocycles. The summed E-state index contributed by atoms with van der Waals surface area (Å²) in [6.07, 6.45) is 2.76. The summed E-state index contributed by atoms with van der Waals surface area (Å²) in [6, 6.07) is 14.6. The normalized spacial score (nSPS) is 13.5. The number of amides is 3. The van der Waals surface area contributed by atoms with Crippen molar-refractivity contribution in [3.05, 3.63) is 112 Å². The number of hydrogen-bond acceptors (Lipinski definition) is 6. The predicted molar refractivity (Wildman–Crippen MR) is 157 cm³/mol. The Labute approximate surface area is 249 Å². The van der Waals surface area contributed by atoms with Gasteiger partial charge in [0.15, 0.2) is 11.6 Å². The number of pyridine rings is 1. The lowest BCUT2D eigenvalue weighted by Gasteiger charge is -2.18. The van der Waals surface area contributed by atoms with Gasteiger partial charge in [-0.3, -0.25) is 14.5 Å². The molecule has 0 aliphatic carbocycles. The summed E-state index contributed by atoms with van der Waals surface area (Å²) in [5.74, 6) is -2.37. The number of hydrogen-bond donors (Lipinski definition) is 1. The van der Waals surface area contributed by atoms with E-state index in [2.05, 4.69) is 5.32 Å². The van der Waals surface area contributed by atoms with E-state index in [1.54, 1.807) is 24.3 Å². The molecule has 1 aliphatic heterocycles. The first-order valence-electron chi connectivity index (χ1n) is 13.3. The zero-order valence-electron chi connectivity index (χ0n) is 23.4. The quantitative estimate of drug-likeness (QED) is 0.265. The van der Waals surface area contributed by atoms with Crippen LogP contribution in [-0.2, 0) is 28.4 Å². The Kier molecular flexibility index (Phi) is 7.04. The SMILES string of the molecule is Cc1ccc(S(=O)(=O)n2ccc3c(-c4cc(CN5C(=O)CNC5=O)ccc4Oc4ccc(F)cc4F)cn(C)c(=O)c32)cc1. The summed E-state index contributed by atoms with van der Waals surface area (Å²) >= 11 is 0. The third-order valence-electron chi connectivity index (χ3n) is 7.29. The number of nitrogens with zero attached hydrogens (tertiary/aromatic N) is 3. The number of imide groups is 1. The van der Waals surface area contributed by atoms with Crippen LogP contribution in [0.15, 0.2) is 88.8 Å². The Morgan fingerprint density at radius 1 is 0.909 bits per heavy atom. The standard InChI is InChI=1S/C31H24F2N4O6S/c1-18-3-7-21(8-4-18)44(41,42)37-12-11-22-24(17-35(2)30(39)29(22)37)23-13-19(16-36-28(38)15-34-31(36)40)5-9-26(23)43-27-10-6-20(32)14-25(27)33/h3-14,17H,15-16H2,1-2H3,(H,34,40). The maximum absolute atomic E-state index is 14.6. The van der Waals surface area contributed by atoms with E-state index in [-0.39, 0.29) is 40.4 Å². The highest BCUT2D eigenvalue weighted by Gasteiger charge is 2.29. The minimum atomic E-state index is -4.18. The van der Waals surface area contributed by atoms with Crippen molar-refractivity contribution >= 4 is 32.9 Å². The lowest BCUT2D eigenvalue weighted by molar-refractivity contribution is -0.125. The highest BCUT2D eigenvalue weighted by atomic mass is 32.2. The monoisotopic (exact) mass is 618 g/mol. The van der Waals surface area contributed by atoms with Crippen LogP contribution in [0.5, 0.6) is 11.5 Å². The van der Waals surface area contributed by atoms with Gasteiger partial charge in [-0.25, -0.2) is 26.0 Å². The van der Waals surface area contributed by atoms with Gasteiger partial charge in [0.05, 0.1) is 18.0 Å². The second-order valence-electron chi connectivity index (χ2n) is 10.3. The molecule has 224 valence electrons. The summed E-state index contributed by atoms with van der Waals surface area (Å²) < 4.78 is 63.5. The number of halogens is 2. The number of rotatable bonds is 7. The molecule has 3 aromatic carbocycles. The molecular formula is C31H24F2N4O6S. The topological polar surface area (TPSA) is 120 Å². The smallest absolute Gasteiger partial charge is 0.324 e. The number of carbonyl (C=O) groups excluding carboxylic acids is 2. The number of fused-ring (bicyclic) bond motifs is 1. The van der Waals surface area contributed by atoms with Crippen molar-refractivity contribution in [1.29, 1.82) is 0 Å². The maximum atomic E-state index is 14.6. The molecule has 10 nitrogen and oxygen atoms in total. The van der Waals surface area contributed by atoms with Gasteiger partial charge in [-0.15, -0.1) is 0 Å². The molecule has 0 bridgehead atoms. The highest BCUT2D eigenvalue weighted by molar-refractivity contribution is 7.90. The molecular weight excluding hydrogens is 594 g/mol. The highest BCUT2D eigenvalue weighted by Crippen LogP contribution is 2.39. The number of ether oxygens (including phenoxy) is 1. The molecule has 2 aromatic heterocycles. The Morgan fingerprint density at radius 2 is 1.64 bits per heavy atom. The van der Waals surface area contributed by atoms with E-state index in [1.807, 2.05) is 6.92 Å². The molecule has 44 heavy (non-hydrogen) atoms. The Morgan fingerprint density at radius 3 is 2.32 bits per heavy atom. The van der Waals surface area contributed by atoms with Crippen molar-refractivity contribution in [1.82, 2.24) is 18.8 Å². The van der Waals surface area contributed by atoms with Crippen LogP contribution in [0.3, 0.4) is 0 Å². The summed E-state index contributed by atoms with van der Waals surface area (Å²) in [4.78, 5) is 38.9. The van der Waals surface area contributed by atoms with Crippen molar-refractivity contribution in [2.24, 2.45) is 7.05 Å². The molecule has 3 amide bonds. The Bertz CT molecular complexity index is 2140. The molecule has 0 unspecified atom stereocenters. The molecule has 13 heteroatoms. The van der Waals surface area contributed by atoms with Crippen molar-refractivity contribution in [3.63, 3.8) is 0 Å². The van der Waals surface area contributed by atoms with Crippen LogP contribution >= 0.6 is 0 Å². The first-order valence-corrected chi connectivity index (χ1v) is 14.8. The molecule has 0 radical (unpaired) electrons. The van der Waals surface area contributed by atoms with Crippen molar-refractivity contribution in [3.8, 4) is 22.6 Å². The predicted octanol–water partition coefficient (Wildman–Crippen LogP) is 4.67. The zero-order chi connectivity index (χ0) is 31.3. The van der Waals surface area contributed by atoms with Crippen LogP contribution < -0.4 is 15.6 Å². The van der Waals surface area contributed by atoms with Gasteiger partial charge in [0.25, 0.3) is 15.6 Å². The Hall–Kier alpha value is -5.30. The van der Waals surface area contributed by atoms with Gasteiger partial charge >= 0.3 is 6.03 Å². The van der Waals surface area contributed by atoms with E-state index in [0.717, 1.165) is 26.6 Å². The van der Waals surface area contributed by atoms with Crippen molar-refractivity contribution in [2.45, 2.75) is 18.4 Å². The average molecular weight is 619 g/mol.